The molecule has 190 valence electrons. The van der Waals surface area contributed by atoms with Crippen LogP contribution in [0.5, 0.6) is 0 Å². The van der Waals surface area contributed by atoms with Gasteiger partial charge in [0.25, 0.3) is 5.56 Å². The van der Waals surface area contributed by atoms with E-state index in [1.807, 2.05) is 18.2 Å². The number of carbonyl (C=O) groups is 1. The van der Waals surface area contributed by atoms with E-state index in [9.17, 15) is 14.7 Å². The molecule has 3 heterocycles. The van der Waals surface area contributed by atoms with Crippen molar-refractivity contribution in [2.75, 3.05) is 31.2 Å². The van der Waals surface area contributed by atoms with E-state index in [4.69, 9.17) is 22.1 Å². The van der Waals surface area contributed by atoms with Crippen LogP contribution in [0.3, 0.4) is 0 Å². The number of fused-ring (bicyclic) bond motifs is 1. The lowest BCUT2D eigenvalue weighted by Crippen LogP contribution is -2.36. The van der Waals surface area contributed by atoms with Gasteiger partial charge in [-0.1, -0.05) is 11.6 Å². The molecular weight excluding hydrogens is 503 g/mol. The van der Waals surface area contributed by atoms with Gasteiger partial charge in [0.1, 0.15) is 24.8 Å². The second-order valence-corrected chi connectivity index (χ2v) is 8.91. The smallest absolute Gasteiger partial charge is 0.267 e. The number of benzene rings is 2. The van der Waals surface area contributed by atoms with E-state index in [-0.39, 0.29) is 21.8 Å². The first-order valence-electron chi connectivity index (χ1n) is 11.4. The third-order valence-electron chi connectivity index (χ3n) is 6.11. The highest BCUT2D eigenvalue weighted by Crippen LogP contribution is 2.36. The van der Waals surface area contributed by atoms with Crippen LogP contribution in [-0.4, -0.2) is 57.1 Å². The van der Waals surface area contributed by atoms with Gasteiger partial charge < -0.3 is 20.5 Å². The molecule has 1 aliphatic rings. The summed E-state index contributed by atoms with van der Waals surface area (Å²) in [6, 6.07) is 10.6. The fourth-order valence-corrected chi connectivity index (χ4v) is 4.52. The average Bonchev–Trinajstić information content (AvgIpc) is 2.89. The first kappa shape index (κ1) is 24.8. The number of amides is 1. The average molecular weight is 525 g/mol. The summed E-state index contributed by atoms with van der Waals surface area (Å²) in [5.41, 5.74) is 6.82. The zero-order valence-corrected chi connectivity index (χ0v) is 20.2. The third kappa shape index (κ3) is 5.01. The molecule has 0 spiro atoms. The number of morpholine rings is 1. The summed E-state index contributed by atoms with van der Waals surface area (Å²) in [4.78, 5) is 34.1. The van der Waals surface area contributed by atoms with Crippen molar-refractivity contribution in [1.29, 1.82) is 0 Å². The minimum atomic E-state index is -1.42. The maximum absolute atomic E-state index is 15.2. The van der Waals surface area contributed by atoms with Crippen molar-refractivity contribution in [1.82, 2.24) is 19.7 Å². The van der Waals surface area contributed by atoms with E-state index in [1.54, 1.807) is 0 Å². The van der Waals surface area contributed by atoms with Gasteiger partial charge in [-0.3, -0.25) is 9.59 Å². The monoisotopic (exact) mass is 524 g/mol. The highest BCUT2D eigenvalue weighted by Gasteiger charge is 2.22. The van der Waals surface area contributed by atoms with E-state index in [2.05, 4.69) is 20.0 Å². The summed E-state index contributed by atoms with van der Waals surface area (Å²) in [5, 5.41) is 15.6. The Morgan fingerprint density at radius 2 is 1.95 bits per heavy atom. The van der Waals surface area contributed by atoms with Crippen LogP contribution in [-0.2, 0) is 16.1 Å². The molecule has 1 unspecified atom stereocenters. The van der Waals surface area contributed by atoms with Crippen LogP contribution in [0.1, 0.15) is 17.4 Å². The molecule has 12 heteroatoms. The van der Waals surface area contributed by atoms with Gasteiger partial charge in [-0.05, 0) is 36.4 Å². The minimum absolute atomic E-state index is 0.0306. The number of aromatic nitrogens is 4. The van der Waals surface area contributed by atoms with Crippen LogP contribution in [0, 0.1) is 5.82 Å². The maximum Gasteiger partial charge on any atom is 0.267 e. The second-order valence-electron chi connectivity index (χ2n) is 8.50. The predicted molar refractivity (Wildman–Crippen MR) is 135 cm³/mol. The van der Waals surface area contributed by atoms with Crippen LogP contribution < -0.4 is 16.2 Å². The SMILES string of the molecule is NC(=O)Cn1nc(C(O)c2cc(-c3ncnc4cc(N5CCOCC5)ccc34)c(F)cc2Cl)ccc1=O. The highest BCUT2D eigenvalue weighted by molar-refractivity contribution is 6.31. The Hall–Kier alpha value is -3.93. The molecule has 2 aromatic carbocycles. The Morgan fingerprint density at radius 3 is 2.70 bits per heavy atom. The van der Waals surface area contributed by atoms with Crippen molar-refractivity contribution in [3.8, 4) is 11.3 Å². The summed E-state index contributed by atoms with van der Waals surface area (Å²) >= 11 is 6.30. The predicted octanol–water partition coefficient (Wildman–Crippen LogP) is 2.05. The van der Waals surface area contributed by atoms with Gasteiger partial charge in [-0.15, -0.1) is 0 Å². The Bertz CT molecular complexity index is 1560. The van der Waals surface area contributed by atoms with Gasteiger partial charge in [0.15, 0.2) is 0 Å². The molecule has 0 saturated carbocycles. The first-order chi connectivity index (χ1) is 17.8. The lowest BCUT2D eigenvalue weighted by atomic mass is 9.99. The standard InChI is InChI=1S/C25H22ClFN6O4/c26-18-11-19(27)17(10-16(18)25(36)20-3-4-23(35)33(31-20)12-22(28)34)24-15-2-1-14(9-21(15)29-13-30-24)32-5-7-37-8-6-32/h1-4,9-11,13,25,36H,5-8,12H2,(H2,28,34). The van der Waals surface area contributed by atoms with Gasteiger partial charge >= 0.3 is 0 Å². The first-order valence-corrected chi connectivity index (χ1v) is 11.8. The number of nitrogens with zero attached hydrogens (tertiary/aromatic N) is 5. The van der Waals surface area contributed by atoms with Gasteiger partial charge in [0, 0.05) is 46.4 Å². The molecule has 1 saturated heterocycles. The van der Waals surface area contributed by atoms with Crippen LogP contribution in [0.25, 0.3) is 22.2 Å². The summed E-state index contributed by atoms with van der Waals surface area (Å²) < 4.78 is 21.4. The van der Waals surface area contributed by atoms with E-state index in [1.165, 1.54) is 18.5 Å². The number of hydrogen-bond donors (Lipinski definition) is 2. The molecule has 2 aromatic heterocycles. The van der Waals surface area contributed by atoms with Crippen LogP contribution in [0.4, 0.5) is 10.1 Å². The van der Waals surface area contributed by atoms with E-state index in [0.29, 0.717) is 29.8 Å². The molecule has 0 bridgehead atoms. The van der Waals surface area contributed by atoms with E-state index >= 15 is 4.39 Å². The number of primary amides is 1. The molecule has 5 rings (SSSR count). The minimum Gasteiger partial charge on any atom is -0.382 e. The molecule has 10 nitrogen and oxygen atoms in total. The van der Waals surface area contributed by atoms with E-state index < -0.39 is 29.9 Å². The molecule has 1 atom stereocenters. The molecule has 4 aromatic rings. The molecule has 1 aliphatic heterocycles. The molecule has 1 amide bonds. The largest absolute Gasteiger partial charge is 0.382 e. The zero-order valence-electron chi connectivity index (χ0n) is 19.5. The number of aliphatic hydroxyl groups excluding tert-OH is 1. The van der Waals surface area contributed by atoms with Crippen LogP contribution in [0.2, 0.25) is 5.02 Å². The lowest BCUT2D eigenvalue weighted by Gasteiger charge is -2.29. The number of ether oxygens (including phenoxy) is 1. The zero-order chi connectivity index (χ0) is 26.1. The van der Waals surface area contributed by atoms with E-state index in [0.717, 1.165) is 35.6 Å². The molecule has 37 heavy (non-hydrogen) atoms. The number of anilines is 1. The van der Waals surface area contributed by atoms with Crippen molar-refractivity contribution in [2.45, 2.75) is 12.6 Å². The normalized spacial score (nSPS) is 14.6. The Kier molecular flexibility index (Phi) is 6.83. The van der Waals surface area contributed by atoms with Crippen molar-refractivity contribution >= 4 is 34.1 Å². The quantitative estimate of drug-likeness (QED) is 0.391. The van der Waals surface area contributed by atoms with Crippen molar-refractivity contribution in [3.63, 3.8) is 0 Å². The number of carbonyl (C=O) groups excluding carboxylic acids is 1. The number of aliphatic hydroxyl groups is 1. The topological polar surface area (TPSA) is 136 Å². The second kappa shape index (κ2) is 10.2. The number of hydrogen-bond acceptors (Lipinski definition) is 8. The van der Waals surface area contributed by atoms with Gasteiger partial charge in [0.2, 0.25) is 5.91 Å². The van der Waals surface area contributed by atoms with Crippen molar-refractivity contribution in [3.05, 3.63) is 81.2 Å². The number of rotatable bonds is 6. The van der Waals surface area contributed by atoms with Crippen molar-refractivity contribution in [2.24, 2.45) is 5.73 Å². The van der Waals surface area contributed by atoms with Gasteiger partial charge in [-0.25, -0.2) is 19.0 Å². The fraction of sp³-hybridized carbons (Fsp3) is 0.240. The highest BCUT2D eigenvalue weighted by atomic mass is 35.5. The molecule has 0 radical (unpaired) electrons. The molecular formula is C25H22ClFN6O4. The summed E-state index contributed by atoms with van der Waals surface area (Å²) in [6.07, 6.45) is -0.0702. The summed E-state index contributed by atoms with van der Waals surface area (Å²) in [5.74, 6) is -1.40. The molecule has 3 N–H and O–H groups in total. The van der Waals surface area contributed by atoms with Crippen LogP contribution in [0.15, 0.2) is 53.6 Å². The van der Waals surface area contributed by atoms with Gasteiger partial charge in [0.05, 0.1) is 30.1 Å². The summed E-state index contributed by atoms with van der Waals surface area (Å²) in [7, 11) is 0. The van der Waals surface area contributed by atoms with Gasteiger partial charge in [-0.2, -0.15) is 5.10 Å². The number of nitrogens with two attached hydrogens (primary N) is 1. The third-order valence-corrected chi connectivity index (χ3v) is 6.43. The Labute approximate surface area is 215 Å². The molecule has 0 aliphatic carbocycles. The summed E-state index contributed by atoms with van der Waals surface area (Å²) in [6.45, 7) is 2.35. The maximum atomic E-state index is 15.2. The van der Waals surface area contributed by atoms with Crippen LogP contribution >= 0.6 is 11.6 Å². The Balaban J connectivity index is 1.56. The van der Waals surface area contributed by atoms with Crippen molar-refractivity contribution < 1.29 is 19.0 Å². The fourth-order valence-electron chi connectivity index (χ4n) is 4.27. The Morgan fingerprint density at radius 1 is 1.16 bits per heavy atom. The lowest BCUT2D eigenvalue weighted by molar-refractivity contribution is -0.118. The molecule has 1 fully saturated rings. The number of halogens is 2.